The number of methoxy groups -OCH3 is 9. The number of allylic oxidation sites excluding steroid dienone is 4. The third kappa shape index (κ3) is 14.0. The van der Waals surface area contributed by atoms with Crippen molar-refractivity contribution < 1.29 is 76.5 Å². The van der Waals surface area contributed by atoms with Gasteiger partial charge in [0.15, 0.2) is 12.6 Å². The van der Waals surface area contributed by atoms with E-state index in [-0.39, 0.29) is 60.3 Å². The minimum Gasteiger partial charge on any atom is -0.390 e. The predicted molar refractivity (Wildman–Crippen MR) is 248 cm³/mol. The van der Waals surface area contributed by atoms with Crippen LogP contribution in [0, 0.1) is 23.7 Å². The summed E-state index contributed by atoms with van der Waals surface area (Å²) in [5.74, 6) is -0.0922. The second kappa shape index (κ2) is 27.6. The van der Waals surface area contributed by atoms with E-state index in [1.54, 1.807) is 64.0 Å². The van der Waals surface area contributed by atoms with E-state index in [9.17, 15) is 10.2 Å². The molecule has 0 spiro atoms. The SMILES string of the molecule is CC[C@H](OC)[C@@H](C)[C@@H]1O[C@H]1[C@H](O)[C@@H](C)/C=C/C=C(\C)[C@H]1O[C@H](OC)[C@H](OC)[C@@H](OCCC[C@H](OC)[C@@H](C)[C@@H]2O[C@H]2[C@H](O)[C@@H](C)/C=C/C=C(\C)[C@H]2O[C@@H](OC)[C@H](OC)[C@@H](OC)[C@@H]2OC)[C@@H]1OC. The summed E-state index contributed by atoms with van der Waals surface area (Å²) in [6.07, 6.45) is 6.98. The third-order valence-corrected chi connectivity index (χ3v) is 14.3. The molecule has 0 aromatic rings. The first-order valence-corrected chi connectivity index (χ1v) is 23.7. The summed E-state index contributed by atoms with van der Waals surface area (Å²) in [5, 5.41) is 22.4. The molecule has 4 aliphatic rings. The number of hydrogen-bond donors (Lipinski definition) is 2. The molecule has 2 N–H and O–H groups in total. The van der Waals surface area contributed by atoms with Gasteiger partial charge in [-0.1, -0.05) is 71.1 Å². The molecule has 4 heterocycles. The molecule has 22 atom stereocenters. The van der Waals surface area contributed by atoms with E-state index >= 15 is 0 Å². The molecule has 4 fully saturated rings. The summed E-state index contributed by atoms with van der Waals surface area (Å²) in [4.78, 5) is 0. The van der Waals surface area contributed by atoms with Gasteiger partial charge in [-0.3, -0.25) is 0 Å². The van der Waals surface area contributed by atoms with Crippen molar-refractivity contribution in [1.82, 2.24) is 0 Å². The lowest BCUT2D eigenvalue weighted by molar-refractivity contribution is -0.298. The van der Waals surface area contributed by atoms with Crippen LogP contribution in [0.1, 0.15) is 67.7 Å². The molecule has 0 amide bonds. The van der Waals surface area contributed by atoms with Gasteiger partial charge in [-0.2, -0.15) is 0 Å². The summed E-state index contributed by atoms with van der Waals surface area (Å²) < 4.78 is 83.2. The fourth-order valence-corrected chi connectivity index (χ4v) is 9.93. The second-order valence-corrected chi connectivity index (χ2v) is 18.4. The molecule has 0 unspecified atom stereocenters. The molecular formula is C50H86O16. The van der Waals surface area contributed by atoms with Gasteiger partial charge in [-0.05, 0) is 44.3 Å². The summed E-state index contributed by atoms with van der Waals surface area (Å²) in [5.41, 5.74) is 1.83. The Kier molecular flexibility index (Phi) is 23.8. The van der Waals surface area contributed by atoms with Crippen LogP contribution in [0.25, 0.3) is 0 Å². The number of aliphatic hydroxyl groups excluding tert-OH is 2. The smallest absolute Gasteiger partial charge is 0.186 e. The van der Waals surface area contributed by atoms with Gasteiger partial charge in [-0.15, -0.1) is 0 Å². The Morgan fingerprint density at radius 3 is 1.32 bits per heavy atom. The molecule has 16 nitrogen and oxygen atoms in total. The van der Waals surface area contributed by atoms with Gasteiger partial charge >= 0.3 is 0 Å². The molecule has 0 radical (unpaired) electrons. The molecule has 4 saturated heterocycles. The molecular weight excluding hydrogens is 857 g/mol. The Morgan fingerprint density at radius 2 is 0.924 bits per heavy atom. The molecule has 0 bridgehead atoms. The van der Waals surface area contributed by atoms with Crippen molar-refractivity contribution in [3.63, 3.8) is 0 Å². The number of aliphatic hydroxyl groups is 2. The van der Waals surface area contributed by atoms with E-state index in [0.717, 1.165) is 17.6 Å². The van der Waals surface area contributed by atoms with Crippen LogP contribution in [0.3, 0.4) is 0 Å². The minimum atomic E-state index is -0.705. The molecule has 382 valence electrons. The normalized spacial score (nSPS) is 36.8. The monoisotopic (exact) mass is 943 g/mol. The zero-order chi connectivity index (χ0) is 48.8. The van der Waals surface area contributed by atoms with Crippen LogP contribution < -0.4 is 0 Å². The summed E-state index contributed by atoms with van der Waals surface area (Å²) in [6.45, 7) is 14.6. The highest BCUT2D eigenvalue weighted by Crippen LogP contribution is 2.40. The molecule has 0 aromatic heterocycles. The lowest BCUT2D eigenvalue weighted by atomic mass is 9.90. The maximum absolute atomic E-state index is 11.3. The fourth-order valence-electron chi connectivity index (χ4n) is 9.93. The standard InChI is InChI=1S/C50H86O16/c1-17-33(53-8)31(6)39-41(63-39)35(51)27(2)22-19-24-30(5)38-44(56-11)46(48(59-14)50(61-16)66-38)62-26-20-25-34(54-9)32(7)40-42(64-40)36(52)28(3)21-18-23-29(4)37-43(55-10)45(57-12)47(58-13)49(60-15)65-37/h18-19,21-24,27-28,31-52H,17,20,25-26H2,1-16H3/b21-18+,22-19+,29-23+,30-24+/t27-,28-,31+,32+,33-,34-,35+,36+,37+,38+,39-,40-,41-,42-,43+,44+,45-,46-,47+,48+,49+,50-/m0/s1. The van der Waals surface area contributed by atoms with E-state index in [4.69, 9.17) is 66.3 Å². The third-order valence-electron chi connectivity index (χ3n) is 14.3. The number of epoxide rings is 2. The van der Waals surface area contributed by atoms with Crippen LogP contribution in [0.4, 0.5) is 0 Å². The summed E-state index contributed by atoms with van der Waals surface area (Å²) in [6, 6.07) is 0. The second-order valence-electron chi connectivity index (χ2n) is 18.4. The highest BCUT2D eigenvalue weighted by molar-refractivity contribution is 5.21. The highest BCUT2D eigenvalue weighted by Gasteiger charge is 2.53. The molecule has 4 rings (SSSR count). The maximum atomic E-state index is 11.3. The first-order valence-electron chi connectivity index (χ1n) is 23.7. The fraction of sp³-hybridized carbons (Fsp3) is 0.840. The van der Waals surface area contributed by atoms with Crippen LogP contribution in [0.15, 0.2) is 47.6 Å². The Labute approximate surface area is 395 Å². The Bertz CT molecular complexity index is 1520. The van der Waals surface area contributed by atoms with Crippen molar-refractivity contribution in [3.05, 3.63) is 47.6 Å². The molecule has 0 aromatic carbocycles. The Hall–Kier alpha value is -1.68. The number of rotatable bonds is 29. The first-order chi connectivity index (χ1) is 31.7. The van der Waals surface area contributed by atoms with Crippen molar-refractivity contribution in [2.75, 3.05) is 70.6 Å². The van der Waals surface area contributed by atoms with Crippen LogP contribution in [-0.2, 0) is 66.3 Å². The quantitative estimate of drug-likeness (QED) is 0.0567. The van der Waals surface area contributed by atoms with Gasteiger partial charge in [0.2, 0.25) is 0 Å². The minimum absolute atomic E-state index is 0.0203. The van der Waals surface area contributed by atoms with Crippen molar-refractivity contribution in [1.29, 1.82) is 0 Å². The van der Waals surface area contributed by atoms with Gasteiger partial charge < -0.3 is 76.5 Å². The van der Waals surface area contributed by atoms with Crippen molar-refractivity contribution in [2.45, 2.75) is 178 Å². The number of hydrogen-bond acceptors (Lipinski definition) is 16. The first kappa shape index (κ1) is 56.9. The molecule has 66 heavy (non-hydrogen) atoms. The van der Waals surface area contributed by atoms with Gasteiger partial charge in [-0.25, -0.2) is 0 Å². The van der Waals surface area contributed by atoms with E-state index in [2.05, 4.69) is 20.8 Å². The maximum Gasteiger partial charge on any atom is 0.186 e. The average Bonchev–Trinajstić information content (AvgIpc) is 4.28. The van der Waals surface area contributed by atoms with Crippen LogP contribution in [-0.4, -0.2) is 191 Å². The summed E-state index contributed by atoms with van der Waals surface area (Å²) >= 11 is 0. The van der Waals surface area contributed by atoms with Gasteiger partial charge in [0.05, 0.1) is 36.6 Å². The predicted octanol–water partition coefficient (Wildman–Crippen LogP) is 5.22. The van der Waals surface area contributed by atoms with Crippen LogP contribution >= 0.6 is 0 Å². The van der Waals surface area contributed by atoms with E-state index in [1.807, 2.05) is 64.2 Å². The summed E-state index contributed by atoms with van der Waals surface area (Å²) in [7, 11) is 14.7. The Balaban J connectivity index is 1.29. The zero-order valence-corrected chi connectivity index (χ0v) is 42.6. The molecule has 0 saturated carbocycles. The average molecular weight is 943 g/mol. The van der Waals surface area contributed by atoms with Crippen molar-refractivity contribution in [2.24, 2.45) is 23.7 Å². The van der Waals surface area contributed by atoms with Gasteiger partial charge in [0, 0.05) is 94.3 Å². The lowest BCUT2D eigenvalue weighted by Gasteiger charge is -2.45. The molecule has 16 heteroatoms. The van der Waals surface area contributed by atoms with Crippen LogP contribution in [0.2, 0.25) is 0 Å². The highest BCUT2D eigenvalue weighted by atomic mass is 16.7. The van der Waals surface area contributed by atoms with Gasteiger partial charge in [0.25, 0.3) is 0 Å². The zero-order valence-electron chi connectivity index (χ0n) is 42.6. The lowest BCUT2D eigenvalue weighted by Crippen LogP contribution is -2.60. The van der Waals surface area contributed by atoms with E-state index in [1.165, 1.54) is 0 Å². The van der Waals surface area contributed by atoms with Crippen molar-refractivity contribution in [3.8, 4) is 0 Å². The van der Waals surface area contributed by atoms with Gasteiger partial charge in [0.1, 0.15) is 61.0 Å². The van der Waals surface area contributed by atoms with E-state index in [0.29, 0.717) is 19.4 Å². The van der Waals surface area contributed by atoms with Crippen LogP contribution in [0.5, 0.6) is 0 Å². The van der Waals surface area contributed by atoms with E-state index < -0.39 is 73.6 Å². The topological polar surface area (TPSA) is 176 Å². The Morgan fingerprint density at radius 1 is 0.515 bits per heavy atom. The van der Waals surface area contributed by atoms with Crippen molar-refractivity contribution >= 4 is 0 Å². The number of ether oxygens (including phenoxy) is 14. The largest absolute Gasteiger partial charge is 0.390 e. The molecule has 0 aliphatic carbocycles. The molecule has 4 aliphatic heterocycles.